The number of hydrogen-bond donors (Lipinski definition) is 2. The Labute approximate surface area is 180 Å². The molecule has 0 spiro atoms. The van der Waals surface area contributed by atoms with Crippen molar-refractivity contribution >= 4 is 17.3 Å². The van der Waals surface area contributed by atoms with E-state index in [0.717, 1.165) is 12.1 Å². The van der Waals surface area contributed by atoms with Crippen LogP contribution in [0.1, 0.15) is 37.9 Å². The lowest BCUT2D eigenvalue weighted by Gasteiger charge is -2.19. The number of benzene rings is 1. The van der Waals surface area contributed by atoms with Crippen LogP contribution in [-0.2, 0) is 4.84 Å². The Balaban J connectivity index is 1.60. The first-order chi connectivity index (χ1) is 15.0. The molecule has 32 heavy (non-hydrogen) atoms. The number of fused-ring (bicyclic) bond motifs is 1. The Morgan fingerprint density at radius 3 is 2.75 bits per heavy atom. The lowest BCUT2D eigenvalue weighted by molar-refractivity contribution is -0.153. The summed E-state index contributed by atoms with van der Waals surface area (Å²) in [5, 5.41) is 7.30. The van der Waals surface area contributed by atoms with Crippen LogP contribution in [0.4, 0.5) is 23.4 Å². The van der Waals surface area contributed by atoms with Gasteiger partial charge in [0.15, 0.2) is 23.8 Å². The Bertz CT molecular complexity index is 1170. The number of alkyl halides is 3. The van der Waals surface area contributed by atoms with Crippen LogP contribution in [-0.4, -0.2) is 38.9 Å². The number of halogens is 4. The molecular formula is C20H20F4N6O2. The largest absolute Gasteiger partial charge is 0.484 e. The molecule has 0 aliphatic carbocycles. The van der Waals surface area contributed by atoms with Crippen LogP contribution in [0, 0.1) is 5.82 Å². The Kier molecular flexibility index (Phi) is 5.41. The number of aliphatic imine (C=N–C) groups is 1. The van der Waals surface area contributed by atoms with E-state index in [1.54, 1.807) is 43.7 Å². The van der Waals surface area contributed by atoms with E-state index in [-0.39, 0.29) is 11.3 Å². The number of anilines is 1. The molecule has 0 amide bonds. The first-order valence-corrected chi connectivity index (χ1v) is 9.65. The van der Waals surface area contributed by atoms with E-state index in [0.29, 0.717) is 22.9 Å². The molecule has 2 aromatic heterocycles. The zero-order valence-corrected chi connectivity index (χ0v) is 17.4. The zero-order valence-electron chi connectivity index (χ0n) is 17.4. The van der Waals surface area contributed by atoms with Gasteiger partial charge < -0.3 is 10.1 Å². The molecule has 1 aliphatic rings. The van der Waals surface area contributed by atoms with Crippen molar-refractivity contribution in [3.8, 4) is 5.75 Å². The first kappa shape index (κ1) is 21.8. The van der Waals surface area contributed by atoms with E-state index in [1.165, 1.54) is 6.07 Å². The van der Waals surface area contributed by atoms with Gasteiger partial charge in [0, 0.05) is 11.8 Å². The minimum absolute atomic E-state index is 0.0706. The van der Waals surface area contributed by atoms with Gasteiger partial charge in [-0.3, -0.25) is 0 Å². The minimum Gasteiger partial charge on any atom is -0.484 e. The van der Waals surface area contributed by atoms with E-state index < -0.39 is 30.4 Å². The van der Waals surface area contributed by atoms with Gasteiger partial charge in [0.2, 0.25) is 0 Å². The molecule has 1 aliphatic heterocycles. The second-order valence-electron chi connectivity index (χ2n) is 7.70. The van der Waals surface area contributed by atoms with Crippen LogP contribution in [0.2, 0.25) is 0 Å². The average molecular weight is 452 g/mol. The molecule has 1 aromatic carbocycles. The maximum atomic E-state index is 13.8. The number of amidine groups is 1. The Morgan fingerprint density at radius 1 is 1.28 bits per heavy atom. The quantitative estimate of drug-likeness (QED) is 0.550. The summed E-state index contributed by atoms with van der Waals surface area (Å²) in [6, 6.07) is 4.37. The van der Waals surface area contributed by atoms with Crippen molar-refractivity contribution in [3.63, 3.8) is 0 Å². The van der Waals surface area contributed by atoms with Crippen LogP contribution in [0.3, 0.4) is 0 Å². The number of hydrogen-bond acceptors (Lipinski definition) is 7. The average Bonchev–Trinajstić information content (AvgIpc) is 3.28. The zero-order chi connectivity index (χ0) is 23.1. The maximum Gasteiger partial charge on any atom is 0.422 e. The predicted octanol–water partition coefficient (Wildman–Crippen LogP) is 4.00. The SMILES string of the molecule is C[C@@H](Nc1ccn2ncc(C3=NC(C)(C)ON3)c2n1)c1cc(F)ccc1OCC(F)(F)F. The van der Waals surface area contributed by atoms with Crippen molar-refractivity contribution in [1.82, 2.24) is 20.1 Å². The van der Waals surface area contributed by atoms with Gasteiger partial charge in [-0.2, -0.15) is 18.3 Å². The molecule has 2 N–H and O–H groups in total. The van der Waals surface area contributed by atoms with Crippen molar-refractivity contribution in [1.29, 1.82) is 0 Å². The first-order valence-electron chi connectivity index (χ1n) is 9.65. The van der Waals surface area contributed by atoms with E-state index in [1.807, 2.05) is 0 Å². The highest BCUT2D eigenvalue weighted by molar-refractivity contribution is 6.03. The van der Waals surface area contributed by atoms with Gasteiger partial charge in [-0.25, -0.2) is 29.2 Å². The minimum atomic E-state index is -4.51. The molecule has 0 fully saturated rings. The molecular weight excluding hydrogens is 432 g/mol. The van der Waals surface area contributed by atoms with Crippen molar-refractivity contribution in [3.05, 3.63) is 53.6 Å². The van der Waals surface area contributed by atoms with E-state index >= 15 is 0 Å². The second-order valence-corrected chi connectivity index (χ2v) is 7.70. The highest BCUT2D eigenvalue weighted by Crippen LogP contribution is 2.30. The molecule has 8 nitrogen and oxygen atoms in total. The van der Waals surface area contributed by atoms with Crippen LogP contribution >= 0.6 is 0 Å². The molecule has 3 heterocycles. The molecule has 0 unspecified atom stereocenters. The fourth-order valence-corrected chi connectivity index (χ4v) is 3.17. The molecule has 12 heteroatoms. The molecule has 0 saturated carbocycles. The molecule has 0 bridgehead atoms. The third-order valence-corrected chi connectivity index (χ3v) is 4.60. The van der Waals surface area contributed by atoms with Gasteiger partial charge in [0.05, 0.1) is 17.8 Å². The lowest BCUT2D eigenvalue weighted by Crippen LogP contribution is -2.23. The van der Waals surface area contributed by atoms with E-state index in [9.17, 15) is 17.6 Å². The smallest absolute Gasteiger partial charge is 0.422 e. The van der Waals surface area contributed by atoms with Gasteiger partial charge in [0.25, 0.3) is 0 Å². The topological polar surface area (TPSA) is 85.1 Å². The monoisotopic (exact) mass is 452 g/mol. The highest BCUT2D eigenvalue weighted by Gasteiger charge is 2.30. The third-order valence-electron chi connectivity index (χ3n) is 4.60. The summed E-state index contributed by atoms with van der Waals surface area (Å²) in [5.74, 6) is 0.202. The second kappa shape index (κ2) is 7.93. The van der Waals surface area contributed by atoms with Gasteiger partial charge in [-0.1, -0.05) is 0 Å². The third kappa shape index (κ3) is 4.74. The fourth-order valence-electron chi connectivity index (χ4n) is 3.17. The molecule has 3 aromatic rings. The van der Waals surface area contributed by atoms with Crippen LogP contribution in [0.5, 0.6) is 5.75 Å². The number of nitrogens with zero attached hydrogens (tertiary/aromatic N) is 4. The van der Waals surface area contributed by atoms with E-state index in [2.05, 4.69) is 25.9 Å². The summed E-state index contributed by atoms with van der Waals surface area (Å²) in [7, 11) is 0. The molecule has 0 saturated heterocycles. The summed E-state index contributed by atoms with van der Waals surface area (Å²) in [5.41, 5.74) is 3.32. The lowest BCUT2D eigenvalue weighted by atomic mass is 10.1. The summed E-state index contributed by atoms with van der Waals surface area (Å²) >= 11 is 0. The standard InChI is InChI=1S/C20H20F4N6O2/c1-11(13-8-12(21)4-5-15(13)31-10-20(22,23)24)26-16-6-7-30-18(27-16)14(9-25-30)17-28-19(2,3)32-29-17/h4-9,11H,10H2,1-3H3,(H,26,27)(H,28,29)/t11-/m1/s1. The van der Waals surface area contributed by atoms with Crippen LogP contribution in [0.25, 0.3) is 5.65 Å². The molecule has 170 valence electrons. The van der Waals surface area contributed by atoms with Gasteiger partial charge in [0.1, 0.15) is 17.4 Å². The summed E-state index contributed by atoms with van der Waals surface area (Å²) in [6.45, 7) is 3.77. The molecule has 1 atom stereocenters. The summed E-state index contributed by atoms with van der Waals surface area (Å²) in [4.78, 5) is 14.3. The maximum absolute atomic E-state index is 13.8. The number of hydroxylamine groups is 1. The Hall–Kier alpha value is -3.41. The molecule has 0 radical (unpaired) electrons. The highest BCUT2D eigenvalue weighted by atomic mass is 19.4. The summed E-state index contributed by atoms with van der Waals surface area (Å²) < 4.78 is 58.0. The predicted molar refractivity (Wildman–Crippen MR) is 108 cm³/mol. The number of aromatic nitrogens is 3. The fraction of sp³-hybridized carbons (Fsp3) is 0.350. The van der Waals surface area contributed by atoms with E-state index in [4.69, 9.17) is 9.57 Å². The van der Waals surface area contributed by atoms with Crippen LogP contribution < -0.4 is 15.5 Å². The van der Waals surface area contributed by atoms with Crippen LogP contribution in [0.15, 0.2) is 41.7 Å². The van der Waals surface area contributed by atoms with Gasteiger partial charge in [-0.15, -0.1) is 0 Å². The van der Waals surface area contributed by atoms with Crippen molar-refractivity contribution < 1.29 is 27.1 Å². The normalized spacial score (nSPS) is 16.5. The summed E-state index contributed by atoms with van der Waals surface area (Å²) in [6.07, 6.45) is -1.26. The van der Waals surface area contributed by atoms with Gasteiger partial charge in [-0.05, 0) is 45.0 Å². The number of rotatable bonds is 6. The van der Waals surface area contributed by atoms with Crippen molar-refractivity contribution in [2.24, 2.45) is 4.99 Å². The van der Waals surface area contributed by atoms with Gasteiger partial charge >= 0.3 is 6.18 Å². The number of ether oxygens (including phenoxy) is 1. The van der Waals surface area contributed by atoms with Crippen molar-refractivity contribution in [2.45, 2.75) is 38.7 Å². The van der Waals surface area contributed by atoms with Crippen molar-refractivity contribution in [2.75, 3.05) is 11.9 Å². The Morgan fingerprint density at radius 2 is 2.06 bits per heavy atom. The molecule has 4 rings (SSSR count). The number of nitrogens with one attached hydrogen (secondary N) is 2.